The molecule has 3 rings (SSSR count). The van der Waals surface area contributed by atoms with Crippen molar-refractivity contribution in [3.63, 3.8) is 0 Å². The van der Waals surface area contributed by atoms with Gasteiger partial charge in [0.25, 0.3) is 0 Å². The summed E-state index contributed by atoms with van der Waals surface area (Å²) in [4.78, 5) is 0. The minimum absolute atomic E-state index is 0.261. The molecular weight excluding hydrogens is 244 g/mol. The molecule has 0 heterocycles. The van der Waals surface area contributed by atoms with E-state index in [9.17, 15) is 14.0 Å². The Balaban J connectivity index is 1.88. The summed E-state index contributed by atoms with van der Waals surface area (Å²) in [5.74, 6) is -1.18. The third-order valence-electron chi connectivity index (χ3n) is 4.90. The first kappa shape index (κ1) is 12.6. The quantitative estimate of drug-likeness (QED) is 0.731. The molecule has 0 aromatic heterocycles. The summed E-state index contributed by atoms with van der Waals surface area (Å²) in [7, 11) is 0. The molecule has 2 aliphatic rings. The molecule has 19 heavy (non-hydrogen) atoms. The van der Waals surface area contributed by atoms with Gasteiger partial charge in [-0.3, -0.25) is 0 Å². The molecule has 3 heteroatoms. The average Bonchev–Trinajstić information content (AvgIpc) is 2.35. The summed E-state index contributed by atoms with van der Waals surface area (Å²) in [6, 6.07) is 5.83. The van der Waals surface area contributed by atoms with Crippen LogP contribution >= 0.6 is 0 Å². The van der Waals surface area contributed by atoms with E-state index in [1.54, 1.807) is 0 Å². The molecule has 1 nitrogen and oxygen atoms in total. The minimum atomic E-state index is -0.666. The second-order valence-corrected chi connectivity index (χ2v) is 6.27. The van der Waals surface area contributed by atoms with Gasteiger partial charge in [-0.25, -0.2) is 8.78 Å². The maximum Gasteiger partial charge on any atom is 0.126 e. The lowest BCUT2D eigenvalue weighted by Crippen LogP contribution is -2.49. The monoisotopic (exact) mass is 261 g/mol. The van der Waals surface area contributed by atoms with Crippen molar-refractivity contribution in [2.75, 3.05) is 0 Å². The van der Waals surface area contributed by atoms with Crippen molar-refractivity contribution in [2.45, 2.75) is 50.4 Å². The summed E-state index contributed by atoms with van der Waals surface area (Å²) in [6.07, 6.45) is 7.56. The van der Waals surface area contributed by atoms with E-state index < -0.39 is 17.0 Å². The van der Waals surface area contributed by atoms with Gasteiger partial charge in [0.05, 0.1) is 11.5 Å². The van der Waals surface area contributed by atoms with Crippen LogP contribution in [0, 0.1) is 28.4 Å². The highest BCUT2D eigenvalue weighted by atomic mass is 19.1. The van der Waals surface area contributed by atoms with Crippen molar-refractivity contribution < 1.29 is 8.78 Å². The molecule has 1 aromatic rings. The first-order chi connectivity index (χ1) is 9.07. The van der Waals surface area contributed by atoms with Crippen LogP contribution in [0.25, 0.3) is 0 Å². The minimum Gasteiger partial charge on any atom is -0.207 e. The van der Waals surface area contributed by atoms with Gasteiger partial charge in [-0.15, -0.1) is 0 Å². The zero-order valence-electron chi connectivity index (χ0n) is 10.9. The molecule has 0 atom stereocenters. The lowest BCUT2D eigenvalue weighted by Gasteiger charge is -2.55. The van der Waals surface area contributed by atoms with Crippen LogP contribution < -0.4 is 0 Å². The Labute approximate surface area is 112 Å². The van der Waals surface area contributed by atoms with Crippen LogP contribution in [0.15, 0.2) is 18.2 Å². The first-order valence-corrected chi connectivity index (χ1v) is 6.95. The zero-order valence-corrected chi connectivity index (χ0v) is 10.9. The second-order valence-electron chi connectivity index (χ2n) is 6.27. The predicted molar refractivity (Wildman–Crippen MR) is 68.4 cm³/mol. The third kappa shape index (κ3) is 2.04. The van der Waals surface area contributed by atoms with E-state index in [4.69, 9.17) is 0 Å². The van der Waals surface area contributed by atoms with E-state index in [0.717, 1.165) is 31.7 Å². The molecule has 0 unspecified atom stereocenters. The van der Waals surface area contributed by atoms with Crippen molar-refractivity contribution >= 4 is 0 Å². The third-order valence-corrected chi connectivity index (χ3v) is 4.90. The van der Waals surface area contributed by atoms with E-state index in [-0.39, 0.29) is 5.41 Å². The van der Waals surface area contributed by atoms with Crippen LogP contribution in [0.1, 0.15) is 50.5 Å². The molecule has 1 aromatic carbocycles. The SMILES string of the molecule is N#CC1(c2cc(F)cc(F)c2)CC2(CCCCC2)C1. The van der Waals surface area contributed by atoms with E-state index in [1.807, 2.05) is 0 Å². The average molecular weight is 261 g/mol. The lowest BCUT2D eigenvalue weighted by molar-refractivity contribution is 0.0166. The lowest BCUT2D eigenvalue weighted by atomic mass is 9.47. The Morgan fingerprint density at radius 3 is 2.05 bits per heavy atom. The summed E-state index contributed by atoms with van der Waals surface area (Å²) in [6.45, 7) is 0. The molecule has 0 radical (unpaired) electrons. The standard InChI is InChI=1S/C16H17F2N/c17-13-6-12(7-14(18)8-13)16(11-19)9-15(10-16)4-2-1-3-5-15/h6-8H,1-5,9-10H2. The van der Waals surface area contributed by atoms with Crippen LogP contribution in [0.2, 0.25) is 0 Å². The van der Waals surface area contributed by atoms with Crippen LogP contribution in [-0.4, -0.2) is 0 Å². The fraction of sp³-hybridized carbons (Fsp3) is 0.562. The van der Waals surface area contributed by atoms with Crippen LogP contribution in [0.4, 0.5) is 8.78 Å². The molecular formula is C16H17F2N. The second kappa shape index (κ2) is 4.30. The number of hydrogen-bond acceptors (Lipinski definition) is 1. The number of rotatable bonds is 1. The van der Waals surface area contributed by atoms with Gasteiger partial charge >= 0.3 is 0 Å². The normalized spacial score (nSPS) is 23.6. The molecule has 2 fully saturated rings. The van der Waals surface area contributed by atoms with E-state index >= 15 is 0 Å². The van der Waals surface area contributed by atoms with Crippen molar-refractivity contribution in [2.24, 2.45) is 5.41 Å². The molecule has 0 N–H and O–H groups in total. The van der Waals surface area contributed by atoms with Gasteiger partial charge in [0, 0.05) is 6.07 Å². The van der Waals surface area contributed by atoms with Gasteiger partial charge in [-0.05, 0) is 48.8 Å². The molecule has 0 amide bonds. The number of halogens is 2. The Kier molecular flexibility index (Phi) is 2.85. The van der Waals surface area contributed by atoms with E-state index in [2.05, 4.69) is 6.07 Å². The number of benzene rings is 1. The van der Waals surface area contributed by atoms with E-state index in [0.29, 0.717) is 5.56 Å². The van der Waals surface area contributed by atoms with Crippen molar-refractivity contribution in [1.82, 2.24) is 0 Å². The van der Waals surface area contributed by atoms with Crippen LogP contribution in [0.3, 0.4) is 0 Å². The smallest absolute Gasteiger partial charge is 0.126 e. The van der Waals surface area contributed by atoms with Crippen molar-refractivity contribution in [3.05, 3.63) is 35.4 Å². The molecule has 2 saturated carbocycles. The summed E-state index contributed by atoms with van der Waals surface area (Å²) in [5, 5.41) is 9.49. The van der Waals surface area contributed by atoms with Crippen LogP contribution in [-0.2, 0) is 5.41 Å². The molecule has 0 aliphatic heterocycles. The largest absolute Gasteiger partial charge is 0.207 e. The van der Waals surface area contributed by atoms with Crippen molar-refractivity contribution in [3.8, 4) is 6.07 Å². The number of nitriles is 1. The Morgan fingerprint density at radius 2 is 1.53 bits per heavy atom. The van der Waals surface area contributed by atoms with Crippen molar-refractivity contribution in [1.29, 1.82) is 5.26 Å². The van der Waals surface area contributed by atoms with Crippen LogP contribution in [0.5, 0.6) is 0 Å². The topological polar surface area (TPSA) is 23.8 Å². The maximum absolute atomic E-state index is 13.3. The highest BCUT2D eigenvalue weighted by Crippen LogP contribution is 2.61. The Hall–Kier alpha value is -1.43. The number of nitrogens with zero attached hydrogens (tertiary/aromatic N) is 1. The van der Waals surface area contributed by atoms with Gasteiger partial charge in [0.15, 0.2) is 0 Å². The Bertz CT molecular complexity index is 510. The maximum atomic E-state index is 13.3. The fourth-order valence-electron chi connectivity index (χ4n) is 4.06. The predicted octanol–water partition coefficient (Wildman–Crippen LogP) is 4.47. The molecule has 1 spiro atoms. The highest BCUT2D eigenvalue weighted by Gasteiger charge is 2.55. The number of hydrogen-bond donors (Lipinski definition) is 0. The van der Waals surface area contributed by atoms with Gasteiger partial charge < -0.3 is 0 Å². The van der Waals surface area contributed by atoms with Gasteiger partial charge in [-0.2, -0.15) is 5.26 Å². The molecule has 2 aliphatic carbocycles. The van der Waals surface area contributed by atoms with Gasteiger partial charge in [0.2, 0.25) is 0 Å². The summed E-state index contributed by atoms with van der Waals surface area (Å²) < 4.78 is 26.7. The highest BCUT2D eigenvalue weighted by molar-refractivity contribution is 5.38. The van der Waals surface area contributed by atoms with Gasteiger partial charge in [0.1, 0.15) is 11.6 Å². The Morgan fingerprint density at radius 1 is 0.947 bits per heavy atom. The fourth-order valence-corrected chi connectivity index (χ4v) is 4.06. The van der Waals surface area contributed by atoms with E-state index in [1.165, 1.54) is 31.4 Å². The first-order valence-electron chi connectivity index (χ1n) is 6.95. The zero-order chi connectivity index (χ0) is 13.5. The summed E-state index contributed by atoms with van der Waals surface area (Å²) in [5.41, 5.74) is 0.112. The molecule has 100 valence electrons. The molecule has 0 bridgehead atoms. The van der Waals surface area contributed by atoms with Gasteiger partial charge in [-0.1, -0.05) is 19.3 Å². The summed E-state index contributed by atoms with van der Waals surface area (Å²) >= 11 is 0. The molecule has 0 saturated heterocycles.